The van der Waals surface area contributed by atoms with Crippen LogP contribution in [0.5, 0.6) is 0 Å². The molecule has 0 aromatic carbocycles. The largest absolute Gasteiger partial charge is 0.481 e. The molecule has 0 aliphatic heterocycles. The average Bonchev–Trinajstić information content (AvgIpc) is 2.33. The normalized spacial score (nSPS) is 15.5. The van der Waals surface area contributed by atoms with Gasteiger partial charge in [-0.2, -0.15) is 0 Å². The van der Waals surface area contributed by atoms with Gasteiger partial charge in [-0.05, 0) is 12.8 Å². The number of carbonyl (C=O) groups is 2. The minimum atomic E-state index is -3.44. The van der Waals surface area contributed by atoms with Crippen LogP contribution in [0.15, 0.2) is 0 Å². The van der Waals surface area contributed by atoms with Gasteiger partial charge in [0.15, 0.2) is 0 Å². The van der Waals surface area contributed by atoms with Crippen LogP contribution in [0.1, 0.15) is 51.9 Å². The van der Waals surface area contributed by atoms with Crippen molar-refractivity contribution in [2.45, 2.75) is 51.9 Å². The van der Waals surface area contributed by atoms with Crippen LogP contribution < -0.4 is 5.73 Å². The van der Waals surface area contributed by atoms with E-state index in [1.54, 1.807) is 0 Å². The molecule has 6 nitrogen and oxygen atoms in total. The molecule has 0 radical (unpaired) electrons. The molecule has 118 valence electrons. The number of carbonyl (C=O) groups excluding carboxylic acids is 1. The molecular formula is C13H26NO5P. The van der Waals surface area contributed by atoms with Crippen LogP contribution in [0.2, 0.25) is 0 Å². The zero-order chi connectivity index (χ0) is 15.6. The number of rotatable bonds is 12. The highest BCUT2D eigenvalue weighted by Crippen LogP contribution is 2.44. The summed E-state index contributed by atoms with van der Waals surface area (Å²) >= 11 is 0. The SMILES string of the molecule is CCCCCCCP(=O)(O)CC(CCC(N)=O)C(=O)O. The maximum absolute atomic E-state index is 12.0. The van der Waals surface area contributed by atoms with Crippen molar-refractivity contribution in [1.29, 1.82) is 0 Å². The lowest BCUT2D eigenvalue weighted by molar-refractivity contribution is -0.141. The maximum Gasteiger partial charge on any atom is 0.307 e. The fourth-order valence-electron chi connectivity index (χ4n) is 2.01. The van der Waals surface area contributed by atoms with Crippen molar-refractivity contribution in [3.05, 3.63) is 0 Å². The number of hydrogen-bond acceptors (Lipinski definition) is 3. The summed E-state index contributed by atoms with van der Waals surface area (Å²) in [6.07, 6.45) is 4.57. The summed E-state index contributed by atoms with van der Waals surface area (Å²) in [4.78, 5) is 31.5. The molecule has 0 aliphatic carbocycles. The van der Waals surface area contributed by atoms with Gasteiger partial charge in [0.1, 0.15) is 0 Å². The summed E-state index contributed by atoms with van der Waals surface area (Å²) in [6.45, 7) is 2.09. The molecule has 0 heterocycles. The van der Waals surface area contributed by atoms with Crippen LogP contribution in [-0.4, -0.2) is 34.2 Å². The summed E-state index contributed by atoms with van der Waals surface area (Å²) in [5, 5.41) is 9.01. The monoisotopic (exact) mass is 307 g/mol. The van der Waals surface area contributed by atoms with Crippen molar-refractivity contribution in [3.8, 4) is 0 Å². The average molecular weight is 307 g/mol. The molecular weight excluding hydrogens is 281 g/mol. The highest BCUT2D eigenvalue weighted by molar-refractivity contribution is 7.58. The highest BCUT2D eigenvalue weighted by Gasteiger charge is 2.28. The molecule has 0 aromatic heterocycles. The van der Waals surface area contributed by atoms with Crippen molar-refractivity contribution in [3.63, 3.8) is 0 Å². The third-order valence-corrected chi connectivity index (χ3v) is 5.23. The zero-order valence-electron chi connectivity index (χ0n) is 12.1. The minimum Gasteiger partial charge on any atom is -0.481 e. The van der Waals surface area contributed by atoms with Gasteiger partial charge in [0.2, 0.25) is 13.3 Å². The molecule has 1 amide bonds. The molecule has 2 atom stereocenters. The molecule has 0 bridgehead atoms. The van der Waals surface area contributed by atoms with Gasteiger partial charge in [0, 0.05) is 18.7 Å². The Morgan fingerprint density at radius 3 is 2.30 bits per heavy atom. The van der Waals surface area contributed by atoms with Crippen LogP contribution in [0.4, 0.5) is 0 Å². The summed E-state index contributed by atoms with van der Waals surface area (Å²) in [5.41, 5.74) is 4.97. The quantitative estimate of drug-likeness (QED) is 0.377. The van der Waals surface area contributed by atoms with Crippen LogP contribution >= 0.6 is 7.37 Å². The first kappa shape index (κ1) is 19.1. The summed E-state index contributed by atoms with van der Waals surface area (Å²) in [6, 6.07) is 0. The number of amides is 1. The zero-order valence-corrected chi connectivity index (χ0v) is 13.0. The number of carboxylic acid groups (broad SMARTS) is 1. The lowest BCUT2D eigenvalue weighted by Crippen LogP contribution is -2.22. The molecule has 0 spiro atoms. The van der Waals surface area contributed by atoms with Gasteiger partial charge in [-0.25, -0.2) is 0 Å². The van der Waals surface area contributed by atoms with E-state index in [1.165, 1.54) is 0 Å². The number of hydrogen-bond donors (Lipinski definition) is 3. The Bertz CT molecular complexity index is 359. The highest BCUT2D eigenvalue weighted by atomic mass is 31.2. The second kappa shape index (κ2) is 9.94. The Labute approximate surface area is 120 Å². The number of carboxylic acids is 1. The van der Waals surface area contributed by atoms with E-state index in [0.717, 1.165) is 25.7 Å². The molecule has 0 rings (SSSR count). The molecule has 0 saturated heterocycles. The second-order valence-corrected chi connectivity index (χ2v) is 7.71. The van der Waals surface area contributed by atoms with E-state index < -0.39 is 25.2 Å². The number of aliphatic carboxylic acids is 1. The molecule has 2 unspecified atom stereocenters. The first-order valence-electron chi connectivity index (χ1n) is 7.10. The predicted molar refractivity (Wildman–Crippen MR) is 77.9 cm³/mol. The van der Waals surface area contributed by atoms with Crippen LogP contribution in [0.25, 0.3) is 0 Å². The topological polar surface area (TPSA) is 118 Å². The lowest BCUT2D eigenvalue weighted by Gasteiger charge is -2.16. The summed E-state index contributed by atoms with van der Waals surface area (Å²) in [5.74, 6) is -2.72. The van der Waals surface area contributed by atoms with Gasteiger partial charge < -0.3 is 15.7 Å². The molecule has 4 N–H and O–H groups in total. The molecule has 0 saturated carbocycles. The van der Waals surface area contributed by atoms with Crippen molar-refractivity contribution < 1.29 is 24.2 Å². The van der Waals surface area contributed by atoms with Gasteiger partial charge >= 0.3 is 5.97 Å². The van der Waals surface area contributed by atoms with E-state index in [2.05, 4.69) is 6.92 Å². The van der Waals surface area contributed by atoms with Gasteiger partial charge in [-0.15, -0.1) is 0 Å². The molecule has 0 fully saturated rings. The third kappa shape index (κ3) is 9.98. The van der Waals surface area contributed by atoms with Crippen LogP contribution in [0.3, 0.4) is 0 Å². The van der Waals surface area contributed by atoms with Gasteiger partial charge in [-0.1, -0.05) is 32.6 Å². The van der Waals surface area contributed by atoms with Crippen LogP contribution in [-0.2, 0) is 14.2 Å². The Hall–Kier alpha value is -0.870. The van der Waals surface area contributed by atoms with E-state index in [4.69, 9.17) is 10.8 Å². The van der Waals surface area contributed by atoms with Gasteiger partial charge in [0.25, 0.3) is 0 Å². The predicted octanol–water partition coefficient (Wildman–Crippen LogP) is 2.19. The Kier molecular flexibility index (Phi) is 9.51. The molecule has 20 heavy (non-hydrogen) atoms. The van der Waals surface area contributed by atoms with Crippen molar-refractivity contribution >= 4 is 19.2 Å². The van der Waals surface area contributed by atoms with E-state index in [-0.39, 0.29) is 25.2 Å². The fraction of sp³-hybridized carbons (Fsp3) is 0.846. The molecule has 0 aliphatic rings. The fourth-order valence-corrected chi connectivity index (χ4v) is 3.94. The number of unbranched alkanes of at least 4 members (excludes halogenated alkanes) is 4. The Morgan fingerprint density at radius 2 is 1.80 bits per heavy atom. The van der Waals surface area contributed by atoms with Crippen LogP contribution in [0, 0.1) is 5.92 Å². The van der Waals surface area contributed by atoms with E-state index in [0.29, 0.717) is 6.42 Å². The van der Waals surface area contributed by atoms with Gasteiger partial charge in [-0.3, -0.25) is 14.2 Å². The van der Waals surface area contributed by atoms with Crippen molar-refractivity contribution in [2.24, 2.45) is 11.7 Å². The molecule has 0 aromatic rings. The number of primary amides is 1. The lowest BCUT2D eigenvalue weighted by atomic mass is 10.1. The first-order valence-corrected chi connectivity index (χ1v) is 9.13. The molecule has 7 heteroatoms. The Balaban J connectivity index is 4.19. The minimum absolute atomic E-state index is 0.0189. The Morgan fingerprint density at radius 1 is 1.20 bits per heavy atom. The second-order valence-electron chi connectivity index (χ2n) is 5.21. The summed E-state index contributed by atoms with van der Waals surface area (Å²) in [7, 11) is -3.44. The van der Waals surface area contributed by atoms with Gasteiger partial charge in [0.05, 0.1) is 5.92 Å². The number of nitrogens with two attached hydrogens (primary N) is 1. The van der Waals surface area contributed by atoms with E-state index in [9.17, 15) is 19.0 Å². The van der Waals surface area contributed by atoms with Crippen molar-refractivity contribution in [2.75, 3.05) is 12.3 Å². The van der Waals surface area contributed by atoms with E-state index in [1.807, 2.05) is 0 Å². The van der Waals surface area contributed by atoms with E-state index >= 15 is 0 Å². The maximum atomic E-state index is 12.0. The van der Waals surface area contributed by atoms with Crippen molar-refractivity contribution in [1.82, 2.24) is 0 Å². The standard InChI is InChI=1S/C13H26NO5P/c1-2-3-4-5-6-9-20(18,19)10-11(13(16)17)7-8-12(14)15/h11H,2-10H2,1H3,(H2,14,15)(H,16,17)(H,18,19). The summed E-state index contributed by atoms with van der Waals surface area (Å²) < 4.78 is 12.0. The third-order valence-electron chi connectivity index (χ3n) is 3.21. The smallest absolute Gasteiger partial charge is 0.307 e. The first-order chi connectivity index (χ1) is 9.28.